The Morgan fingerprint density at radius 1 is 1.43 bits per heavy atom. The molecule has 1 aromatic rings. The standard InChI is InChI=1S/C13H17ClN2O5/c1-13(20,6-11(17)18)7-15-12(19)16-10-5-8(21-2)3-4-9(10)14/h3-5,20H,6-7H2,1-2H3,(H,17,18)(H2,15,16,19). The highest BCUT2D eigenvalue weighted by Crippen LogP contribution is 2.26. The first-order valence-electron chi connectivity index (χ1n) is 6.06. The highest BCUT2D eigenvalue weighted by atomic mass is 35.5. The Bertz CT molecular complexity index is 533. The molecule has 7 nitrogen and oxygen atoms in total. The van der Waals surface area contributed by atoms with Gasteiger partial charge < -0.3 is 25.6 Å². The van der Waals surface area contributed by atoms with Crippen LogP contribution in [0.5, 0.6) is 5.75 Å². The molecule has 0 bridgehead atoms. The maximum Gasteiger partial charge on any atom is 0.319 e. The van der Waals surface area contributed by atoms with Crippen molar-refractivity contribution >= 4 is 29.3 Å². The van der Waals surface area contributed by atoms with Gasteiger partial charge in [-0.1, -0.05) is 11.6 Å². The van der Waals surface area contributed by atoms with E-state index in [9.17, 15) is 14.7 Å². The van der Waals surface area contributed by atoms with Gasteiger partial charge in [0.25, 0.3) is 0 Å². The molecule has 1 aromatic carbocycles. The molecule has 0 aliphatic rings. The van der Waals surface area contributed by atoms with Gasteiger partial charge in [0.05, 0.1) is 29.8 Å². The number of halogens is 1. The molecule has 8 heteroatoms. The molecule has 0 heterocycles. The molecule has 0 fully saturated rings. The fourth-order valence-corrected chi connectivity index (χ4v) is 1.72. The Hall–Kier alpha value is -1.99. The summed E-state index contributed by atoms with van der Waals surface area (Å²) in [5.41, 5.74) is -1.20. The van der Waals surface area contributed by atoms with E-state index in [0.717, 1.165) is 0 Å². The van der Waals surface area contributed by atoms with Crippen LogP contribution in [0.15, 0.2) is 18.2 Å². The minimum absolute atomic E-state index is 0.216. The highest BCUT2D eigenvalue weighted by Gasteiger charge is 2.24. The Labute approximate surface area is 126 Å². The third kappa shape index (κ3) is 5.88. The first-order valence-corrected chi connectivity index (χ1v) is 6.44. The van der Waals surface area contributed by atoms with E-state index in [2.05, 4.69) is 10.6 Å². The van der Waals surface area contributed by atoms with Crippen LogP contribution in [0.4, 0.5) is 10.5 Å². The van der Waals surface area contributed by atoms with Crippen LogP contribution in [-0.4, -0.2) is 41.5 Å². The molecular weight excluding hydrogens is 300 g/mol. The molecule has 0 spiro atoms. The summed E-state index contributed by atoms with van der Waals surface area (Å²) in [6, 6.07) is 4.13. The van der Waals surface area contributed by atoms with Crippen LogP contribution in [-0.2, 0) is 4.79 Å². The SMILES string of the molecule is COc1ccc(Cl)c(NC(=O)NCC(C)(O)CC(=O)O)c1. The topological polar surface area (TPSA) is 108 Å². The summed E-state index contributed by atoms with van der Waals surface area (Å²) >= 11 is 5.93. The van der Waals surface area contributed by atoms with Gasteiger partial charge in [-0.15, -0.1) is 0 Å². The third-order valence-corrected chi connectivity index (χ3v) is 2.91. The van der Waals surface area contributed by atoms with Gasteiger partial charge in [0, 0.05) is 12.6 Å². The van der Waals surface area contributed by atoms with Crippen molar-refractivity contribution in [1.29, 1.82) is 0 Å². The lowest BCUT2D eigenvalue weighted by atomic mass is 10.0. The van der Waals surface area contributed by atoms with Crippen LogP contribution >= 0.6 is 11.6 Å². The highest BCUT2D eigenvalue weighted by molar-refractivity contribution is 6.33. The molecular formula is C13H17ClN2O5. The van der Waals surface area contributed by atoms with Gasteiger partial charge in [-0.25, -0.2) is 4.79 Å². The van der Waals surface area contributed by atoms with E-state index in [0.29, 0.717) is 16.5 Å². The number of carboxylic acids is 1. The Balaban J connectivity index is 2.60. The molecule has 0 aromatic heterocycles. The number of amides is 2. The van der Waals surface area contributed by atoms with Crippen molar-refractivity contribution in [2.45, 2.75) is 18.9 Å². The second kappa shape index (κ2) is 7.14. The smallest absolute Gasteiger partial charge is 0.319 e. The second-order valence-corrected chi connectivity index (χ2v) is 5.13. The van der Waals surface area contributed by atoms with Gasteiger partial charge in [0.15, 0.2) is 0 Å². The maximum absolute atomic E-state index is 11.7. The van der Waals surface area contributed by atoms with Crippen LogP contribution < -0.4 is 15.4 Å². The Morgan fingerprint density at radius 3 is 2.67 bits per heavy atom. The number of carbonyl (C=O) groups excluding carboxylic acids is 1. The zero-order valence-electron chi connectivity index (χ0n) is 11.6. The third-order valence-electron chi connectivity index (χ3n) is 2.58. The number of carbonyl (C=O) groups is 2. The number of methoxy groups -OCH3 is 1. The van der Waals surface area contributed by atoms with Crippen molar-refractivity contribution in [1.82, 2.24) is 5.32 Å². The lowest BCUT2D eigenvalue weighted by molar-refractivity contribution is -0.141. The summed E-state index contributed by atoms with van der Waals surface area (Å²) in [6.07, 6.45) is -0.479. The molecule has 116 valence electrons. The molecule has 2 amide bonds. The predicted molar refractivity (Wildman–Crippen MR) is 77.9 cm³/mol. The van der Waals surface area contributed by atoms with E-state index in [1.54, 1.807) is 12.1 Å². The number of hydrogen-bond donors (Lipinski definition) is 4. The number of benzene rings is 1. The van der Waals surface area contributed by atoms with Gasteiger partial charge in [-0.2, -0.15) is 0 Å². The normalized spacial score (nSPS) is 13.1. The number of aliphatic carboxylic acids is 1. The van der Waals surface area contributed by atoms with Gasteiger partial charge in [0.2, 0.25) is 0 Å². The van der Waals surface area contributed by atoms with Crippen molar-refractivity contribution in [3.05, 3.63) is 23.2 Å². The van der Waals surface area contributed by atoms with Crippen LogP contribution in [0.1, 0.15) is 13.3 Å². The molecule has 0 radical (unpaired) electrons. The van der Waals surface area contributed by atoms with Crippen molar-refractivity contribution < 1.29 is 24.5 Å². The number of aliphatic hydroxyl groups is 1. The summed E-state index contributed by atoms with van der Waals surface area (Å²) in [4.78, 5) is 22.3. The average molecular weight is 317 g/mol. The van der Waals surface area contributed by atoms with Gasteiger partial charge >= 0.3 is 12.0 Å². The van der Waals surface area contributed by atoms with Crippen molar-refractivity contribution in [2.75, 3.05) is 19.0 Å². The Morgan fingerprint density at radius 2 is 2.10 bits per heavy atom. The predicted octanol–water partition coefficient (Wildman–Crippen LogP) is 1.70. The van der Waals surface area contributed by atoms with E-state index < -0.39 is 24.0 Å². The van der Waals surface area contributed by atoms with Crippen molar-refractivity contribution in [3.8, 4) is 5.75 Å². The quantitative estimate of drug-likeness (QED) is 0.639. The molecule has 0 aliphatic heterocycles. The number of hydrogen-bond acceptors (Lipinski definition) is 4. The number of carboxylic acid groups (broad SMARTS) is 1. The van der Waals surface area contributed by atoms with Gasteiger partial charge in [-0.3, -0.25) is 4.79 Å². The zero-order chi connectivity index (χ0) is 16.0. The van der Waals surface area contributed by atoms with E-state index in [1.165, 1.54) is 20.1 Å². The summed E-state index contributed by atoms with van der Waals surface area (Å²) < 4.78 is 5.01. The lowest BCUT2D eigenvalue weighted by Crippen LogP contribution is -2.43. The van der Waals surface area contributed by atoms with Gasteiger partial charge in [0.1, 0.15) is 5.75 Å². The Kier molecular flexibility index (Phi) is 5.80. The summed E-state index contributed by atoms with van der Waals surface area (Å²) in [5, 5.41) is 23.6. The van der Waals surface area contributed by atoms with E-state index in [4.69, 9.17) is 21.4 Å². The zero-order valence-corrected chi connectivity index (χ0v) is 12.4. The number of rotatable bonds is 6. The number of anilines is 1. The van der Waals surface area contributed by atoms with Crippen LogP contribution in [0, 0.1) is 0 Å². The fourth-order valence-electron chi connectivity index (χ4n) is 1.55. The minimum atomic E-state index is -1.54. The molecule has 1 atom stereocenters. The molecule has 1 rings (SSSR count). The lowest BCUT2D eigenvalue weighted by Gasteiger charge is -2.21. The number of nitrogens with one attached hydrogen (secondary N) is 2. The number of ether oxygens (including phenoxy) is 1. The summed E-state index contributed by atoms with van der Waals surface area (Å²) in [5.74, 6) is -0.634. The van der Waals surface area contributed by atoms with Crippen LogP contribution in [0.2, 0.25) is 5.02 Å². The van der Waals surface area contributed by atoms with Gasteiger partial charge in [-0.05, 0) is 19.1 Å². The molecule has 21 heavy (non-hydrogen) atoms. The molecule has 0 aliphatic carbocycles. The first kappa shape index (κ1) is 17.1. The van der Waals surface area contributed by atoms with Crippen LogP contribution in [0.25, 0.3) is 0 Å². The fraction of sp³-hybridized carbons (Fsp3) is 0.385. The van der Waals surface area contributed by atoms with E-state index in [1.807, 2.05) is 0 Å². The second-order valence-electron chi connectivity index (χ2n) is 4.72. The monoisotopic (exact) mass is 316 g/mol. The molecule has 0 saturated carbocycles. The molecule has 0 saturated heterocycles. The maximum atomic E-state index is 11.7. The van der Waals surface area contributed by atoms with Crippen molar-refractivity contribution in [3.63, 3.8) is 0 Å². The molecule has 4 N–H and O–H groups in total. The van der Waals surface area contributed by atoms with Crippen molar-refractivity contribution in [2.24, 2.45) is 0 Å². The van der Waals surface area contributed by atoms with Crippen LogP contribution in [0.3, 0.4) is 0 Å². The van der Waals surface area contributed by atoms with E-state index in [-0.39, 0.29) is 6.54 Å². The number of urea groups is 1. The minimum Gasteiger partial charge on any atom is -0.497 e. The molecule has 1 unspecified atom stereocenters. The first-order chi connectivity index (χ1) is 9.73. The summed E-state index contributed by atoms with van der Waals surface area (Å²) in [6.45, 7) is 1.10. The van der Waals surface area contributed by atoms with E-state index >= 15 is 0 Å². The average Bonchev–Trinajstić information content (AvgIpc) is 2.38. The largest absolute Gasteiger partial charge is 0.497 e. The summed E-state index contributed by atoms with van der Waals surface area (Å²) in [7, 11) is 1.48.